The molecule has 1 atom stereocenters. The van der Waals surface area contributed by atoms with Crippen LogP contribution in [0.1, 0.15) is 28.9 Å². The van der Waals surface area contributed by atoms with E-state index in [0.29, 0.717) is 50.1 Å². The number of ether oxygens (including phenoxy) is 2. The van der Waals surface area contributed by atoms with Crippen LogP contribution in [0.3, 0.4) is 0 Å². The predicted molar refractivity (Wildman–Crippen MR) is 98.8 cm³/mol. The number of benzene rings is 1. The molecule has 2 aromatic rings. The number of aryl methyl sites for hydroxylation is 1. The average Bonchev–Trinajstić information content (AvgIpc) is 3.25. The van der Waals surface area contributed by atoms with E-state index in [-0.39, 0.29) is 17.3 Å². The van der Waals surface area contributed by atoms with Gasteiger partial charge in [0.1, 0.15) is 17.1 Å². The van der Waals surface area contributed by atoms with Crippen LogP contribution in [0, 0.1) is 11.7 Å². The molecule has 0 bridgehead atoms. The lowest BCUT2D eigenvalue weighted by molar-refractivity contribution is -0.0952. The van der Waals surface area contributed by atoms with Gasteiger partial charge in [-0.15, -0.1) is 0 Å². The first-order chi connectivity index (χ1) is 13.1. The average molecular weight is 372 g/mol. The van der Waals surface area contributed by atoms with Crippen LogP contribution in [-0.2, 0) is 23.1 Å². The summed E-state index contributed by atoms with van der Waals surface area (Å²) < 4.78 is 27.1. The largest absolute Gasteiger partial charge is 0.377 e. The minimum Gasteiger partial charge on any atom is -0.377 e. The quantitative estimate of drug-likeness (QED) is 0.732. The van der Waals surface area contributed by atoms with E-state index in [1.54, 1.807) is 12.1 Å². The molecule has 5 nitrogen and oxygen atoms in total. The topological polar surface area (TPSA) is 43.7 Å². The van der Waals surface area contributed by atoms with Crippen molar-refractivity contribution in [2.75, 3.05) is 26.3 Å². The first kappa shape index (κ1) is 18.2. The van der Waals surface area contributed by atoms with Gasteiger partial charge in [-0.05, 0) is 37.0 Å². The van der Waals surface area contributed by atoms with Gasteiger partial charge in [0.05, 0.1) is 26.3 Å². The molecule has 2 fully saturated rings. The maximum Gasteiger partial charge on any atom is 0.270 e. The summed E-state index contributed by atoms with van der Waals surface area (Å²) in [5.41, 5.74) is 1.11. The molecule has 0 N–H and O–H groups in total. The van der Waals surface area contributed by atoms with Gasteiger partial charge in [0, 0.05) is 25.4 Å². The molecular weight excluding hydrogens is 347 g/mol. The molecule has 4 rings (SSSR count). The van der Waals surface area contributed by atoms with E-state index >= 15 is 0 Å². The molecule has 2 aliphatic heterocycles. The lowest BCUT2D eigenvalue weighted by atomic mass is 9.86. The second-order valence-corrected chi connectivity index (χ2v) is 7.66. The fourth-order valence-corrected chi connectivity index (χ4v) is 4.03. The third-order valence-corrected chi connectivity index (χ3v) is 5.58. The molecule has 2 saturated heterocycles. The Morgan fingerprint density at radius 2 is 2.11 bits per heavy atom. The molecule has 1 amide bonds. The van der Waals surface area contributed by atoms with Crippen molar-refractivity contribution in [2.24, 2.45) is 13.0 Å². The van der Waals surface area contributed by atoms with Gasteiger partial charge in [-0.2, -0.15) is 0 Å². The monoisotopic (exact) mass is 372 g/mol. The highest BCUT2D eigenvalue weighted by molar-refractivity contribution is 5.93. The second kappa shape index (κ2) is 7.44. The zero-order valence-corrected chi connectivity index (χ0v) is 15.6. The van der Waals surface area contributed by atoms with Crippen molar-refractivity contribution in [1.29, 1.82) is 0 Å². The van der Waals surface area contributed by atoms with Gasteiger partial charge in [-0.3, -0.25) is 4.79 Å². The van der Waals surface area contributed by atoms with Crippen LogP contribution in [0.5, 0.6) is 0 Å². The zero-order chi connectivity index (χ0) is 18.9. The summed E-state index contributed by atoms with van der Waals surface area (Å²) in [6.45, 7) is 2.90. The highest BCUT2D eigenvalue weighted by Crippen LogP contribution is 2.39. The van der Waals surface area contributed by atoms with Gasteiger partial charge in [0.15, 0.2) is 0 Å². The van der Waals surface area contributed by atoms with E-state index in [0.717, 1.165) is 12.8 Å². The lowest BCUT2D eigenvalue weighted by Gasteiger charge is -2.47. The number of rotatable bonds is 6. The molecule has 0 aliphatic carbocycles. The summed E-state index contributed by atoms with van der Waals surface area (Å²) in [7, 11) is 1.88. The molecule has 3 heterocycles. The lowest BCUT2D eigenvalue weighted by Crippen LogP contribution is -2.63. The van der Waals surface area contributed by atoms with Crippen LogP contribution >= 0.6 is 0 Å². The van der Waals surface area contributed by atoms with Crippen LogP contribution in [0.4, 0.5) is 4.39 Å². The summed E-state index contributed by atoms with van der Waals surface area (Å²) in [5, 5.41) is 0. The molecule has 1 aromatic carbocycles. The summed E-state index contributed by atoms with van der Waals surface area (Å²) >= 11 is 0. The molecule has 1 spiro atoms. The second-order valence-electron chi connectivity index (χ2n) is 7.66. The number of likely N-dealkylation sites (tertiary alicyclic amines) is 1. The smallest absolute Gasteiger partial charge is 0.270 e. The molecule has 144 valence electrons. The number of aromatic nitrogens is 1. The Hall–Kier alpha value is -2.18. The first-order valence-electron chi connectivity index (χ1n) is 9.42. The van der Waals surface area contributed by atoms with Crippen molar-refractivity contribution < 1.29 is 18.7 Å². The number of amides is 1. The van der Waals surface area contributed by atoms with Gasteiger partial charge in [0.25, 0.3) is 5.91 Å². The maximum atomic E-state index is 13.6. The molecule has 27 heavy (non-hydrogen) atoms. The number of carbonyl (C=O) groups excluding carboxylic acids is 1. The summed E-state index contributed by atoms with van der Waals surface area (Å²) in [5.74, 6) is 0.268. The Labute approximate surface area is 158 Å². The van der Waals surface area contributed by atoms with Crippen LogP contribution in [0.2, 0.25) is 0 Å². The number of nitrogens with zero attached hydrogens (tertiary/aromatic N) is 2. The van der Waals surface area contributed by atoms with E-state index < -0.39 is 0 Å². The highest BCUT2D eigenvalue weighted by atomic mass is 19.1. The Morgan fingerprint density at radius 1 is 1.30 bits per heavy atom. The summed E-state index contributed by atoms with van der Waals surface area (Å²) in [6.07, 6.45) is 3.72. The Bertz CT molecular complexity index is 813. The van der Waals surface area contributed by atoms with Crippen molar-refractivity contribution in [3.05, 3.63) is 59.7 Å². The molecule has 2 aliphatic rings. The van der Waals surface area contributed by atoms with Gasteiger partial charge in [0.2, 0.25) is 0 Å². The Kier molecular flexibility index (Phi) is 5.02. The van der Waals surface area contributed by atoms with E-state index in [1.807, 2.05) is 40.9 Å². The van der Waals surface area contributed by atoms with E-state index in [2.05, 4.69) is 0 Å². The molecule has 0 saturated carbocycles. The summed E-state index contributed by atoms with van der Waals surface area (Å²) in [4.78, 5) is 14.4. The number of halogens is 1. The normalized spacial score (nSPS) is 20.8. The van der Waals surface area contributed by atoms with Crippen LogP contribution in [0.15, 0.2) is 42.6 Å². The third kappa shape index (κ3) is 3.77. The number of hydrogen-bond donors (Lipinski definition) is 0. The zero-order valence-electron chi connectivity index (χ0n) is 15.6. The fourth-order valence-electron chi connectivity index (χ4n) is 4.03. The van der Waals surface area contributed by atoms with E-state index in [4.69, 9.17) is 9.47 Å². The molecule has 1 aromatic heterocycles. The maximum absolute atomic E-state index is 13.6. The van der Waals surface area contributed by atoms with Gasteiger partial charge in [-0.25, -0.2) is 4.39 Å². The van der Waals surface area contributed by atoms with E-state index in [1.165, 1.54) is 6.07 Å². The fraction of sp³-hybridized carbons (Fsp3) is 0.476. The standard InChI is InChI=1S/C21H25FN2O3/c1-23-9-4-7-19(23)20(25)24-14-21(15-24)11-16(12-27-21)8-10-26-13-17-5-2-3-6-18(17)22/h2-7,9,16H,8,10-15H2,1H3. The minimum absolute atomic E-state index is 0.0633. The number of hydrogen-bond acceptors (Lipinski definition) is 3. The van der Waals surface area contributed by atoms with Crippen molar-refractivity contribution >= 4 is 5.91 Å². The van der Waals surface area contributed by atoms with Crippen LogP contribution in [-0.4, -0.2) is 47.3 Å². The van der Waals surface area contributed by atoms with Crippen molar-refractivity contribution in [3.63, 3.8) is 0 Å². The molecule has 6 heteroatoms. The van der Waals surface area contributed by atoms with Crippen molar-refractivity contribution in [1.82, 2.24) is 9.47 Å². The first-order valence-corrected chi connectivity index (χ1v) is 9.42. The van der Waals surface area contributed by atoms with Gasteiger partial charge < -0.3 is 18.9 Å². The minimum atomic E-state index is -0.224. The Balaban J connectivity index is 1.19. The molecular formula is C21H25FN2O3. The van der Waals surface area contributed by atoms with Crippen LogP contribution < -0.4 is 0 Å². The highest BCUT2D eigenvalue weighted by Gasteiger charge is 2.51. The van der Waals surface area contributed by atoms with Crippen LogP contribution in [0.25, 0.3) is 0 Å². The van der Waals surface area contributed by atoms with Gasteiger partial charge >= 0.3 is 0 Å². The molecule has 1 unspecified atom stereocenters. The number of carbonyl (C=O) groups is 1. The third-order valence-electron chi connectivity index (χ3n) is 5.58. The Morgan fingerprint density at radius 3 is 2.85 bits per heavy atom. The van der Waals surface area contributed by atoms with E-state index in [9.17, 15) is 9.18 Å². The van der Waals surface area contributed by atoms with Crippen molar-refractivity contribution in [3.8, 4) is 0 Å². The SMILES string of the molecule is Cn1cccc1C(=O)N1CC2(CC(CCOCc3ccccc3F)CO2)C1. The summed E-state index contributed by atoms with van der Waals surface area (Å²) in [6, 6.07) is 10.4. The van der Waals surface area contributed by atoms with Crippen molar-refractivity contribution in [2.45, 2.75) is 25.0 Å². The molecule has 0 radical (unpaired) electrons. The predicted octanol–water partition coefficient (Wildman–Crippen LogP) is 3.00. The van der Waals surface area contributed by atoms with Gasteiger partial charge in [-0.1, -0.05) is 18.2 Å².